The van der Waals surface area contributed by atoms with E-state index in [0.29, 0.717) is 12.1 Å². The molecular weight excluding hydrogens is 328 g/mol. The second-order valence-corrected chi connectivity index (χ2v) is 5.12. The van der Waals surface area contributed by atoms with Gasteiger partial charge in [-0.2, -0.15) is 8.42 Å². The second kappa shape index (κ2) is 7.25. The van der Waals surface area contributed by atoms with E-state index in [0.717, 1.165) is 0 Å². The first-order valence-electron chi connectivity index (χ1n) is 4.89. The summed E-state index contributed by atoms with van der Waals surface area (Å²) in [5.41, 5.74) is 7.43. The van der Waals surface area contributed by atoms with Gasteiger partial charge in [-0.15, -0.1) is 3.89 Å². The summed E-state index contributed by atoms with van der Waals surface area (Å²) in [7, 11) is -5.18. The van der Waals surface area contributed by atoms with Crippen LogP contribution in [0.2, 0.25) is 0 Å². The van der Waals surface area contributed by atoms with Gasteiger partial charge < -0.3 is 12.9 Å². The summed E-state index contributed by atoms with van der Waals surface area (Å²) in [6.07, 6.45) is -1.39. The van der Waals surface area contributed by atoms with E-state index in [-0.39, 0.29) is 62.6 Å². The Morgan fingerprint density at radius 1 is 1.35 bits per heavy atom. The minimum Gasteiger partial charge on any atom is -0.449 e. The Morgan fingerprint density at radius 3 is 2.30 bits per heavy atom. The van der Waals surface area contributed by atoms with Crippen molar-refractivity contribution in [3.8, 4) is 0 Å². The summed E-state index contributed by atoms with van der Waals surface area (Å²) in [5.74, 6) is 0. The normalized spacial score (nSPS) is 11.4. The largest absolute Gasteiger partial charge is 1.00 e. The van der Waals surface area contributed by atoms with E-state index >= 15 is 0 Å². The van der Waals surface area contributed by atoms with Crippen molar-refractivity contribution in [2.75, 3.05) is 0 Å². The number of azide groups is 1. The Bertz CT molecular complexity index is 658. The summed E-state index contributed by atoms with van der Waals surface area (Å²) in [4.78, 5) is 1.40. The zero-order valence-corrected chi connectivity index (χ0v) is 14.5. The third-order valence-corrected chi connectivity index (χ3v) is 3.15. The van der Waals surface area contributed by atoms with Crippen molar-refractivity contribution < 1.29 is 76.6 Å². The van der Waals surface area contributed by atoms with Gasteiger partial charge in [0.1, 0.15) is 0 Å². The van der Waals surface area contributed by atoms with Crippen molar-refractivity contribution in [2.24, 2.45) is 5.11 Å². The standard InChI is InChI=1S/C8H7BF4N3O2S.K/c1-5-6(4-9(10,11)12)2-7(19(13,17)18)3-8(5)15-16-14;/h2-3H,4H2,1H3;/q-1;+1. The Hall–Kier alpha value is -0.0987. The predicted molar refractivity (Wildman–Crippen MR) is 61.1 cm³/mol. The molecule has 12 heteroatoms. The maximum Gasteiger partial charge on any atom is 1.00 e. The van der Waals surface area contributed by atoms with E-state index in [1.165, 1.54) is 6.92 Å². The summed E-state index contributed by atoms with van der Waals surface area (Å²) >= 11 is 0. The van der Waals surface area contributed by atoms with Crippen molar-refractivity contribution in [1.82, 2.24) is 0 Å². The van der Waals surface area contributed by atoms with Crippen LogP contribution in [0.5, 0.6) is 0 Å². The van der Waals surface area contributed by atoms with Gasteiger partial charge in [0.25, 0.3) is 0 Å². The molecule has 0 aromatic heterocycles. The van der Waals surface area contributed by atoms with Crippen molar-refractivity contribution in [2.45, 2.75) is 18.1 Å². The molecule has 0 fully saturated rings. The van der Waals surface area contributed by atoms with Gasteiger partial charge in [0.2, 0.25) is 0 Å². The van der Waals surface area contributed by atoms with Crippen LogP contribution in [0.3, 0.4) is 0 Å². The maximum atomic E-state index is 12.8. The summed E-state index contributed by atoms with van der Waals surface area (Å²) in [5, 5.41) is 3.06. The van der Waals surface area contributed by atoms with Crippen LogP contribution in [-0.4, -0.2) is 15.4 Å². The molecule has 20 heavy (non-hydrogen) atoms. The van der Waals surface area contributed by atoms with E-state index in [1.54, 1.807) is 0 Å². The molecule has 0 saturated carbocycles. The third kappa shape index (κ3) is 5.72. The minimum atomic E-state index is -5.23. The zero-order chi connectivity index (χ0) is 14.8. The van der Waals surface area contributed by atoms with Gasteiger partial charge in [-0.3, -0.25) is 0 Å². The summed E-state index contributed by atoms with van der Waals surface area (Å²) in [6.45, 7) is -4.00. The van der Waals surface area contributed by atoms with Crippen molar-refractivity contribution in [3.63, 3.8) is 0 Å². The SMILES string of the molecule is Cc1c(C[B-](F)(F)F)cc(S(=O)(=O)F)cc1N=[N+]=[N-].[K+]. The maximum absolute atomic E-state index is 12.8. The van der Waals surface area contributed by atoms with E-state index in [2.05, 4.69) is 10.0 Å². The van der Waals surface area contributed by atoms with Gasteiger partial charge in [0.15, 0.2) is 0 Å². The Balaban J connectivity index is 0.00000361. The van der Waals surface area contributed by atoms with Gasteiger partial charge in [0.05, 0.1) is 4.90 Å². The summed E-state index contributed by atoms with van der Waals surface area (Å²) < 4.78 is 71.5. The van der Waals surface area contributed by atoms with Crippen LogP contribution < -0.4 is 51.4 Å². The van der Waals surface area contributed by atoms with Crippen LogP contribution in [-0.2, 0) is 16.5 Å². The fraction of sp³-hybridized carbons (Fsp3) is 0.250. The molecule has 0 aliphatic rings. The number of halogens is 4. The van der Waals surface area contributed by atoms with Crippen LogP contribution in [0, 0.1) is 6.92 Å². The topological polar surface area (TPSA) is 82.9 Å². The quantitative estimate of drug-likeness (QED) is 0.201. The molecule has 0 bridgehead atoms. The zero-order valence-electron chi connectivity index (χ0n) is 10.5. The molecule has 0 heterocycles. The molecule has 1 rings (SSSR count). The first kappa shape index (κ1) is 19.9. The molecule has 0 aliphatic heterocycles. The molecule has 0 spiro atoms. The smallest absolute Gasteiger partial charge is 0.449 e. The average Bonchev–Trinajstić information content (AvgIpc) is 2.20. The van der Waals surface area contributed by atoms with Crippen molar-refractivity contribution in [1.29, 1.82) is 0 Å². The molecule has 1 aromatic rings. The van der Waals surface area contributed by atoms with Gasteiger partial charge in [0, 0.05) is 10.6 Å². The predicted octanol–water partition coefficient (Wildman–Crippen LogP) is 0.528. The number of benzene rings is 1. The van der Waals surface area contributed by atoms with Crippen LogP contribution in [0.25, 0.3) is 10.4 Å². The van der Waals surface area contributed by atoms with Crippen LogP contribution in [0.1, 0.15) is 11.1 Å². The van der Waals surface area contributed by atoms with Crippen LogP contribution >= 0.6 is 0 Å². The molecular formula is C8H7BF4KN3O2S. The molecule has 0 N–H and O–H groups in total. The van der Waals surface area contributed by atoms with E-state index in [9.17, 15) is 25.3 Å². The van der Waals surface area contributed by atoms with E-state index < -0.39 is 34.0 Å². The molecule has 0 atom stereocenters. The van der Waals surface area contributed by atoms with Gasteiger partial charge in [-0.1, -0.05) is 17.0 Å². The molecule has 1 aromatic carbocycles. The monoisotopic (exact) mass is 335 g/mol. The molecule has 0 amide bonds. The summed E-state index contributed by atoms with van der Waals surface area (Å²) in [6, 6.07) is 1.29. The van der Waals surface area contributed by atoms with Crippen molar-refractivity contribution >= 4 is 22.9 Å². The van der Waals surface area contributed by atoms with Crippen LogP contribution in [0.4, 0.5) is 22.5 Å². The number of rotatable bonds is 4. The fourth-order valence-electron chi connectivity index (χ4n) is 1.48. The van der Waals surface area contributed by atoms with Gasteiger partial charge in [-0.05, 0) is 30.2 Å². The Morgan fingerprint density at radius 2 is 1.90 bits per heavy atom. The van der Waals surface area contributed by atoms with Crippen LogP contribution in [0.15, 0.2) is 22.1 Å². The molecule has 5 nitrogen and oxygen atoms in total. The molecule has 0 unspecified atom stereocenters. The fourth-order valence-corrected chi connectivity index (χ4v) is 2.02. The van der Waals surface area contributed by atoms with Gasteiger partial charge in [-0.25, -0.2) is 0 Å². The molecule has 0 aliphatic carbocycles. The molecule has 0 saturated heterocycles. The Labute approximate surface area is 155 Å². The Kier molecular flexibility index (Phi) is 7.22. The van der Waals surface area contributed by atoms with Crippen molar-refractivity contribution in [3.05, 3.63) is 33.7 Å². The number of nitrogens with zero attached hydrogens (tertiary/aromatic N) is 3. The van der Waals surface area contributed by atoms with E-state index in [4.69, 9.17) is 5.53 Å². The van der Waals surface area contributed by atoms with Gasteiger partial charge >= 0.3 is 68.6 Å². The third-order valence-electron chi connectivity index (χ3n) is 2.35. The molecule has 104 valence electrons. The molecule has 0 radical (unpaired) electrons. The average molecular weight is 335 g/mol. The van der Waals surface area contributed by atoms with E-state index in [1.807, 2.05) is 0 Å². The minimum absolute atomic E-state index is 0. The second-order valence-electron chi connectivity index (χ2n) is 3.77. The first-order valence-corrected chi connectivity index (χ1v) is 6.27. The number of hydrogen-bond acceptors (Lipinski definition) is 3. The first-order chi connectivity index (χ1) is 8.54. The number of hydrogen-bond donors (Lipinski definition) is 0.